The van der Waals surface area contributed by atoms with Gasteiger partial charge >= 0.3 is 6.03 Å². The summed E-state index contributed by atoms with van der Waals surface area (Å²) in [7, 11) is 0. The van der Waals surface area contributed by atoms with E-state index >= 15 is 0 Å². The lowest BCUT2D eigenvalue weighted by atomic mass is 9.75. The maximum Gasteiger partial charge on any atom is 0.317 e. The number of likely N-dealkylation sites (tertiary alicyclic amines) is 1. The number of nitrogens with zero attached hydrogens (tertiary/aromatic N) is 4. The Morgan fingerprint density at radius 2 is 2.30 bits per heavy atom. The van der Waals surface area contributed by atoms with E-state index in [1.54, 1.807) is 12.4 Å². The van der Waals surface area contributed by atoms with Crippen molar-refractivity contribution in [3.63, 3.8) is 0 Å². The maximum absolute atomic E-state index is 12.6. The lowest BCUT2D eigenvalue weighted by molar-refractivity contribution is 0.133. The highest BCUT2D eigenvalue weighted by Crippen LogP contribution is 2.45. The van der Waals surface area contributed by atoms with E-state index in [4.69, 9.17) is 9.51 Å². The number of carbonyl (C=O) groups excluding carboxylic acids is 1. The molecule has 2 aromatic heterocycles. The summed E-state index contributed by atoms with van der Waals surface area (Å²) in [5, 5.41) is 7.37. The van der Waals surface area contributed by atoms with Gasteiger partial charge < -0.3 is 14.7 Å². The number of hydrogen-bond donors (Lipinski definition) is 1. The minimum absolute atomic E-state index is 0.000787. The predicted octanol–water partition coefficient (Wildman–Crippen LogP) is 3.38. The van der Waals surface area contributed by atoms with Gasteiger partial charge in [0.15, 0.2) is 5.82 Å². The zero-order valence-electron chi connectivity index (χ0n) is 16.0. The Labute approximate surface area is 159 Å². The van der Waals surface area contributed by atoms with Crippen molar-refractivity contribution in [3.05, 3.63) is 30.4 Å². The zero-order chi connectivity index (χ0) is 18.9. The molecule has 1 saturated carbocycles. The molecule has 0 bridgehead atoms. The fourth-order valence-electron chi connectivity index (χ4n) is 4.00. The lowest BCUT2D eigenvalue weighted by Gasteiger charge is -2.41. The maximum atomic E-state index is 12.6. The van der Waals surface area contributed by atoms with E-state index in [0.717, 1.165) is 37.2 Å². The molecule has 2 aromatic rings. The van der Waals surface area contributed by atoms with Gasteiger partial charge in [0.2, 0.25) is 0 Å². The largest absolute Gasteiger partial charge is 0.336 e. The topological polar surface area (TPSA) is 84.2 Å². The van der Waals surface area contributed by atoms with E-state index in [2.05, 4.69) is 15.5 Å². The summed E-state index contributed by atoms with van der Waals surface area (Å²) < 4.78 is 5.57. The Kier molecular flexibility index (Phi) is 4.85. The molecule has 1 N–H and O–H groups in total. The minimum atomic E-state index is -0.225. The van der Waals surface area contributed by atoms with Crippen molar-refractivity contribution in [1.29, 1.82) is 0 Å². The van der Waals surface area contributed by atoms with Gasteiger partial charge in [0.05, 0.1) is 11.0 Å². The Morgan fingerprint density at radius 3 is 3.00 bits per heavy atom. The first kappa shape index (κ1) is 17.9. The monoisotopic (exact) mass is 369 g/mol. The van der Waals surface area contributed by atoms with Crippen LogP contribution in [0.4, 0.5) is 4.79 Å². The van der Waals surface area contributed by atoms with Crippen LogP contribution in [0.3, 0.4) is 0 Å². The molecule has 2 amide bonds. The molecular weight excluding hydrogens is 342 g/mol. The highest BCUT2D eigenvalue weighted by molar-refractivity contribution is 5.74. The highest BCUT2D eigenvalue weighted by atomic mass is 16.5. The molecule has 3 heterocycles. The second kappa shape index (κ2) is 7.29. The van der Waals surface area contributed by atoms with Crippen LogP contribution in [-0.2, 0) is 5.41 Å². The van der Waals surface area contributed by atoms with Gasteiger partial charge in [0, 0.05) is 31.5 Å². The van der Waals surface area contributed by atoms with Crippen LogP contribution in [-0.4, -0.2) is 45.2 Å². The summed E-state index contributed by atoms with van der Waals surface area (Å²) in [6.07, 6.45) is 8.93. The molecule has 0 radical (unpaired) electrons. The first-order valence-corrected chi connectivity index (χ1v) is 9.86. The van der Waals surface area contributed by atoms with Crippen LogP contribution >= 0.6 is 0 Å². The number of hydrogen-bond acceptors (Lipinski definition) is 5. The molecule has 0 aromatic carbocycles. The first-order valence-electron chi connectivity index (χ1n) is 9.86. The van der Waals surface area contributed by atoms with Crippen molar-refractivity contribution < 1.29 is 9.32 Å². The van der Waals surface area contributed by atoms with Crippen molar-refractivity contribution in [2.75, 3.05) is 13.1 Å². The molecule has 1 saturated heterocycles. The lowest BCUT2D eigenvalue weighted by Crippen LogP contribution is -2.53. The van der Waals surface area contributed by atoms with Gasteiger partial charge in [-0.05, 0) is 51.2 Å². The van der Waals surface area contributed by atoms with Gasteiger partial charge in [-0.1, -0.05) is 18.0 Å². The molecule has 0 spiro atoms. The minimum Gasteiger partial charge on any atom is -0.336 e. The predicted molar refractivity (Wildman–Crippen MR) is 101 cm³/mol. The normalized spacial score (nSPS) is 22.9. The third-order valence-corrected chi connectivity index (χ3v) is 5.46. The standard InChI is InChI=1S/C20H27N5O2/c1-14(2)22-19(26)25-10-4-8-20(13-25,11-15-6-7-15)18-23-17(27-24-18)16-5-3-9-21-12-16/h3,5,9,12,14-15H,4,6-8,10-11,13H2,1-2H3,(H,22,26). The number of carbonyl (C=O) groups is 1. The second-order valence-electron chi connectivity index (χ2n) is 8.22. The third-order valence-electron chi connectivity index (χ3n) is 5.46. The number of urea groups is 1. The van der Waals surface area contributed by atoms with Crippen molar-refractivity contribution in [2.24, 2.45) is 5.92 Å². The second-order valence-corrected chi connectivity index (χ2v) is 8.22. The van der Waals surface area contributed by atoms with Gasteiger partial charge in [-0.2, -0.15) is 4.98 Å². The van der Waals surface area contributed by atoms with Crippen LogP contribution in [0.5, 0.6) is 0 Å². The molecule has 7 heteroatoms. The van der Waals surface area contributed by atoms with Crippen LogP contribution < -0.4 is 5.32 Å². The first-order chi connectivity index (χ1) is 13.1. The van der Waals surface area contributed by atoms with E-state index in [1.807, 2.05) is 30.9 Å². The van der Waals surface area contributed by atoms with E-state index in [-0.39, 0.29) is 17.5 Å². The summed E-state index contributed by atoms with van der Waals surface area (Å²) in [6.45, 7) is 5.39. The van der Waals surface area contributed by atoms with Crippen LogP contribution in [0.15, 0.2) is 29.0 Å². The number of pyridine rings is 1. The van der Waals surface area contributed by atoms with Gasteiger partial charge in [0.25, 0.3) is 5.89 Å². The molecule has 1 aliphatic carbocycles. The van der Waals surface area contributed by atoms with Crippen molar-refractivity contribution in [1.82, 2.24) is 25.3 Å². The molecule has 2 fully saturated rings. The summed E-state index contributed by atoms with van der Waals surface area (Å²) in [5.74, 6) is 1.94. The molecule has 4 rings (SSSR count). The zero-order valence-corrected chi connectivity index (χ0v) is 16.0. The number of rotatable bonds is 5. The molecule has 27 heavy (non-hydrogen) atoms. The van der Waals surface area contributed by atoms with Crippen LogP contribution in [0.2, 0.25) is 0 Å². The number of aromatic nitrogens is 3. The Hall–Kier alpha value is -2.44. The fourth-order valence-corrected chi connectivity index (χ4v) is 4.00. The average molecular weight is 369 g/mol. The number of piperidine rings is 1. The Bertz CT molecular complexity index is 787. The van der Waals surface area contributed by atoms with Crippen molar-refractivity contribution >= 4 is 6.03 Å². The molecule has 1 unspecified atom stereocenters. The molecule has 144 valence electrons. The van der Waals surface area contributed by atoms with E-state index in [1.165, 1.54) is 12.8 Å². The van der Waals surface area contributed by atoms with E-state index in [9.17, 15) is 4.79 Å². The summed E-state index contributed by atoms with van der Waals surface area (Å²) in [5.41, 5.74) is 0.598. The van der Waals surface area contributed by atoms with E-state index < -0.39 is 0 Å². The fraction of sp³-hybridized carbons (Fsp3) is 0.600. The summed E-state index contributed by atoms with van der Waals surface area (Å²) in [4.78, 5) is 23.4. The highest BCUT2D eigenvalue weighted by Gasteiger charge is 2.45. The van der Waals surface area contributed by atoms with Crippen molar-refractivity contribution in [2.45, 2.75) is 57.4 Å². The molecule has 7 nitrogen and oxygen atoms in total. The molecule has 2 aliphatic rings. The Morgan fingerprint density at radius 1 is 1.44 bits per heavy atom. The third kappa shape index (κ3) is 3.96. The SMILES string of the molecule is CC(C)NC(=O)N1CCCC(CC2CC2)(c2noc(-c3cccnc3)n2)C1. The van der Waals surface area contributed by atoms with Gasteiger partial charge in [0.1, 0.15) is 0 Å². The number of amides is 2. The van der Waals surface area contributed by atoms with Crippen LogP contribution in [0.25, 0.3) is 11.5 Å². The number of nitrogens with one attached hydrogen (secondary N) is 1. The Balaban J connectivity index is 1.60. The van der Waals surface area contributed by atoms with E-state index in [0.29, 0.717) is 18.4 Å². The van der Waals surface area contributed by atoms with Gasteiger partial charge in [-0.25, -0.2) is 4.79 Å². The molecule has 1 atom stereocenters. The molecule has 1 aliphatic heterocycles. The van der Waals surface area contributed by atoms with Crippen molar-refractivity contribution in [3.8, 4) is 11.5 Å². The van der Waals surface area contributed by atoms with Crippen LogP contribution in [0, 0.1) is 5.92 Å². The summed E-state index contributed by atoms with van der Waals surface area (Å²) in [6, 6.07) is 3.90. The summed E-state index contributed by atoms with van der Waals surface area (Å²) >= 11 is 0. The molecular formula is C20H27N5O2. The average Bonchev–Trinajstić information content (AvgIpc) is 3.32. The van der Waals surface area contributed by atoms with Gasteiger partial charge in [-0.3, -0.25) is 4.98 Å². The smallest absolute Gasteiger partial charge is 0.317 e. The van der Waals surface area contributed by atoms with Crippen LogP contribution in [0.1, 0.15) is 51.8 Å². The quantitative estimate of drug-likeness (QED) is 0.873. The van der Waals surface area contributed by atoms with Gasteiger partial charge in [-0.15, -0.1) is 0 Å².